The van der Waals surface area contributed by atoms with Gasteiger partial charge in [-0.05, 0) is 54.1 Å². The summed E-state index contributed by atoms with van der Waals surface area (Å²) >= 11 is 0. The zero-order valence-electron chi connectivity index (χ0n) is 14.7. The summed E-state index contributed by atoms with van der Waals surface area (Å²) in [6, 6.07) is 21.3. The number of carbonyl (C=O) groups excluding carboxylic acids is 1. The lowest BCUT2D eigenvalue weighted by molar-refractivity contribution is 0.158. The average molecular weight is 348 g/mol. The number of nitrogens with zero attached hydrogens (tertiary/aromatic N) is 1. The van der Waals surface area contributed by atoms with Crippen molar-refractivity contribution < 1.29 is 14.3 Å². The average Bonchev–Trinajstić information content (AvgIpc) is 2.67. The molecule has 5 nitrogen and oxygen atoms in total. The van der Waals surface area contributed by atoms with Gasteiger partial charge in [-0.15, -0.1) is 0 Å². The summed E-state index contributed by atoms with van der Waals surface area (Å²) < 4.78 is 10.2. The lowest BCUT2D eigenvalue weighted by atomic mass is 10.1. The quantitative estimate of drug-likeness (QED) is 0.550. The third kappa shape index (κ3) is 4.19. The fraction of sp³-hybridized carbons (Fsp3) is 0.143. The van der Waals surface area contributed by atoms with Crippen molar-refractivity contribution in [2.75, 3.05) is 13.7 Å². The Hall–Kier alpha value is -3.34. The number of nitrogens with one attached hydrogen (secondary N) is 1. The van der Waals surface area contributed by atoms with Gasteiger partial charge in [0.15, 0.2) is 0 Å². The van der Waals surface area contributed by atoms with E-state index in [-0.39, 0.29) is 6.61 Å². The van der Waals surface area contributed by atoms with Crippen LogP contribution < -0.4 is 10.1 Å². The summed E-state index contributed by atoms with van der Waals surface area (Å²) in [7, 11) is 1.61. The molecule has 0 fully saturated rings. The zero-order chi connectivity index (χ0) is 18.4. The van der Waals surface area contributed by atoms with Crippen LogP contribution in [-0.2, 0) is 4.74 Å². The molecule has 1 amide bonds. The molecule has 132 valence electrons. The number of hydrogen-bond acceptors (Lipinski definition) is 4. The predicted molar refractivity (Wildman–Crippen MR) is 103 cm³/mol. The van der Waals surface area contributed by atoms with E-state index in [1.54, 1.807) is 14.0 Å². The first-order valence-corrected chi connectivity index (χ1v) is 8.35. The predicted octanol–water partition coefficient (Wildman–Crippen LogP) is 4.67. The highest BCUT2D eigenvalue weighted by Crippen LogP contribution is 2.22. The molecule has 3 aromatic rings. The van der Waals surface area contributed by atoms with E-state index < -0.39 is 6.09 Å². The lowest BCUT2D eigenvalue weighted by Gasteiger charge is -2.10. The van der Waals surface area contributed by atoms with Crippen LogP contribution in [0.2, 0.25) is 0 Å². The van der Waals surface area contributed by atoms with Gasteiger partial charge in [-0.2, -0.15) is 0 Å². The molecule has 0 atom stereocenters. The molecule has 0 saturated heterocycles. The second-order valence-corrected chi connectivity index (χ2v) is 5.57. The van der Waals surface area contributed by atoms with Crippen molar-refractivity contribution in [1.82, 2.24) is 5.32 Å². The topological polar surface area (TPSA) is 59.9 Å². The highest BCUT2D eigenvalue weighted by molar-refractivity contribution is 6.07. The molecule has 0 radical (unpaired) electrons. The van der Waals surface area contributed by atoms with Crippen LogP contribution in [0.1, 0.15) is 12.5 Å². The monoisotopic (exact) mass is 348 g/mol. The molecule has 0 unspecified atom stereocenters. The number of fused-ring (bicyclic) bond motifs is 1. The Labute approximate surface area is 152 Å². The molecule has 0 saturated carbocycles. The van der Waals surface area contributed by atoms with Crippen molar-refractivity contribution in [3.05, 3.63) is 72.3 Å². The number of amides is 1. The van der Waals surface area contributed by atoms with Gasteiger partial charge in [-0.25, -0.2) is 9.79 Å². The van der Waals surface area contributed by atoms with Crippen molar-refractivity contribution in [3.8, 4) is 5.75 Å². The van der Waals surface area contributed by atoms with Crippen LogP contribution in [0.25, 0.3) is 10.8 Å². The fourth-order valence-electron chi connectivity index (χ4n) is 2.55. The molecule has 0 heterocycles. The summed E-state index contributed by atoms with van der Waals surface area (Å²) in [5.41, 5.74) is 1.50. The van der Waals surface area contributed by atoms with E-state index in [0.717, 1.165) is 27.8 Å². The van der Waals surface area contributed by atoms with E-state index in [4.69, 9.17) is 9.47 Å². The summed E-state index contributed by atoms with van der Waals surface area (Å²) in [6.45, 7) is 2.05. The number of ether oxygens (including phenoxy) is 2. The fourth-order valence-corrected chi connectivity index (χ4v) is 2.55. The smallest absolute Gasteiger partial charge is 0.412 e. The van der Waals surface area contributed by atoms with Gasteiger partial charge in [-0.3, -0.25) is 5.32 Å². The second-order valence-electron chi connectivity index (χ2n) is 5.57. The van der Waals surface area contributed by atoms with Gasteiger partial charge in [0.05, 0.1) is 19.4 Å². The van der Waals surface area contributed by atoms with Crippen molar-refractivity contribution in [2.24, 2.45) is 4.99 Å². The van der Waals surface area contributed by atoms with Crippen LogP contribution in [0.4, 0.5) is 10.5 Å². The third-order valence-electron chi connectivity index (χ3n) is 3.83. The van der Waals surface area contributed by atoms with Crippen molar-refractivity contribution in [2.45, 2.75) is 6.92 Å². The first kappa shape index (κ1) is 17.5. The Morgan fingerprint density at radius 3 is 2.42 bits per heavy atom. The maximum absolute atomic E-state index is 11.9. The lowest BCUT2D eigenvalue weighted by Crippen LogP contribution is -2.31. The maximum Gasteiger partial charge on any atom is 0.412 e. The van der Waals surface area contributed by atoms with Crippen LogP contribution in [0.15, 0.2) is 71.7 Å². The molecule has 0 bridgehead atoms. The number of methoxy groups -OCH3 is 1. The number of alkyl carbamates (subject to hydrolysis) is 1. The third-order valence-corrected chi connectivity index (χ3v) is 3.83. The van der Waals surface area contributed by atoms with Crippen molar-refractivity contribution in [1.29, 1.82) is 0 Å². The molecule has 3 rings (SSSR count). The highest BCUT2D eigenvalue weighted by Gasteiger charge is 2.10. The van der Waals surface area contributed by atoms with Gasteiger partial charge >= 0.3 is 6.09 Å². The van der Waals surface area contributed by atoms with E-state index in [9.17, 15) is 4.79 Å². The Kier molecular flexibility index (Phi) is 5.49. The molecule has 3 aromatic carbocycles. The molecule has 0 aromatic heterocycles. The molecule has 0 spiro atoms. The van der Waals surface area contributed by atoms with E-state index in [1.807, 2.05) is 66.7 Å². The van der Waals surface area contributed by atoms with Gasteiger partial charge in [0.1, 0.15) is 11.6 Å². The molecule has 0 aliphatic carbocycles. The van der Waals surface area contributed by atoms with Crippen LogP contribution in [0.3, 0.4) is 0 Å². The summed E-state index contributed by atoms with van der Waals surface area (Å²) in [5.74, 6) is 1.15. The largest absolute Gasteiger partial charge is 0.497 e. The summed E-state index contributed by atoms with van der Waals surface area (Å²) in [4.78, 5) is 16.5. The molecular formula is C21H20N2O3. The molecular weight excluding hydrogens is 328 g/mol. The number of benzene rings is 3. The number of hydrogen-bond donors (Lipinski definition) is 1. The Morgan fingerprint density at radius 1 is 1.00 bits per heavy atom. The van der Waals surface area contributed by atoms with E-state index in [2.05, 4.69) is 10.3 Å². The van der Waals surface area contributed by atoms with Gasteiger partial charge in [0.25, 0.3) is 0 Å². The summed E-state index contributed by atoms with van der Waals surface area (Å²) in [5, 5.41) is 4.93. The first-order chi connectivity index (χ1) is 12.7. The minimum atomic E-state index is -0.539. The SMILES string of the molecule is CCOC(=O)NC(=Nc1ccc2ccccc2c1)c1ccc(OC)cc1. The van der Waals surface area contributed by atoms with E-state index in [1.165, 1.54) is 0 Å². The second kappa shape index (κ2) is 8.16. The molecule has 0 aliphatic rings. The number of aliphatic imine (C=N–C) groups is 1. The Morgan fingerprint density at radius 2 is 1.73 bits per heavy atom. The maximum atomic E-state index is 11.9. The molecule has 5 heteroatoms. The van der Waals surface area contributed by atoms with Gasteiger partial charge < -0.3 is 9.47 Å². The van der Waals surface area contributed by atoms with Crippen LogP contribution in [0.5, 0.6) is 5.75 Å². The Balaban J connectivity index is 1.98. The minimum Gasteiger partial charge on any atom is -0.497 e. The van der Waals surface area contributed by atoms with E-state index in [0.29, 0.717) is 5.84 Å². The number of carbonyl (C=O) groups is 1. The zero-order valence-corrected chi connectivity index (χ0v) is 14.7. The highest BCUT2D eigenvalue weighted by atomic mass is 16.5. The van der Waals surface area contributed by atoms with Gasteiger partial charge in [0, 0.05) is 5.56 Å². The van der Waals surface area contributed by atoms with Crippen LogP contribution in [0, 0.1) is 0 Å². The first-order valence-electron chi connectivity index (χ1n) is 8.35. The van der Waals surface area contributed by atoms with E-state index >= 15 is 0 Å². The van der Waals surface area contributed by atoms with Crippen LogP contribution >= 0.6 is 0 Å². The molecule has 0 aliphatic heterocycles. The molecule has 26 heavy (non-hydrogen) atoms. The normalized spacial score (nSPS) is 11.2. The Bertz CT molecular complexity index is 933. The van der Waals surface area contributed by atoms with Crippen molar-refractivity contribution in [3.63, 3.8) is 0 Å². The molecule has 1 N–H and O–H groups in total. The van der Waals surface area contributed by atoms with Crippen LogP contribution in [-0.4, -0.2) is 25.6 Å². The number of amidine groups is 1. The van der Waals surface area contributed by atoms with Crippen molar-refractivity contribution >= 4 is 28.4 Å². The summed E-state index contributed by atoms with van der Waals surface area (Å²) in [6.07, 6.45) is -0.539. The standard InChI is InChI=1S/C21H20N2O3/c1-3-26-21(24)23-20(16-9-12-19(25-2)13-10-16)22-18-11-8-15-6-4-5-7-17(15)14-18/h4-14H,3H2,1-2H3,(H,22,23,24). The van der Waals surface area contributed by atoms with Gasteiger partial charge in [-0.1, -0.05) is 30.3 Å². The van der Waals surface area contributed by atoms with Gasteiger partial charge in [0.2, 0.25) is 0 Å². The minimum absolute atomic E-state index is 0.289. The number of rotatable bonds is 4.